The molecule has 3 heterocycles. The molecule has 0 aliphatic heterocycles. The number of fused-ring (bicyclic) bond motifs is 3. The Kier molecular flexibility index (Phi) is 5.13. The summed E-state index contributed by atoms with van der Waals surface area (Å²) >= 11 is 7.46. The van der Waals surface area contributed by atoms with E-state index in [9.17, 15) is 4.79 Å². The van der Waals surface area contributed by atoms with Gasteiger partial charge in [0.25, 0.3) is 0 Å². The van der Waals surface area contributed by atoms with Gasteiger partial charge in [-0.25, -0.2) is 4.98 Å². The lowest BCUT2D eigenvalue weighted by Gasteiger charge is -2.09. The van der Waals surface area contributed by atoms with Crippen molar-refractivity contribution in [1.82, 2.24) is 4.98 Å². The van der Waals surface area contributed by atoms with Crippen molar-refractivity contribution in [3.8, 4) is 33.0 Å². The average molecular weight is 497 g/mol. The lowest BCUT2D eigenvalue weighted by Crippen LogP contribution is -2.08. The van der Waals surface area contributed by atoms with Gasteiger partial charge < -0.3 is 8.83 Å². The molecular formula is C28H17ClN2O3S. The summed E-state index contributed by atoms with van der Waals surface area (Å²) in [5, 5.41) is 12.7. The molecule has 0 saturated carbocycles. The molecule has 6 aromatic rings. The summed E-state index contributed by atoms with van der Waals surface area (Å²) in [5.41, 5.74) is 4.37. The van der Waals surface area contributed by atoms with Gasteiger partial charge in [-0.05, 0) is 42.8 Å². The standard InChI is InChI=1S/C28H17ClN2O3S/c1-15-24(17-7-9-18(29)10-8-17)25(32)19-11-12-23-20(26(19)33-15)13-21(27(30)34-23)28-31-22(14-35-28)16-5-3-2-4-6-16/h2-14,30H,1H3. The van der Waals surface area contributed by atoms with Crippen LogP contribution in [0.4, 0.5) is 0 Å². The molecule has 6 rings (SSSR count). The Bertz CT molecular complexity index is 1850. The highest BCUT2D eigenvalue weighted by molar-refractivity contribution is 7.13. The number of nitrogens with zero attached hydrogens (tertiary/aromatic N) is 1. The Morgan fingerprint density at radius 2 is 1.69 bits per heavy atom. The van der Waals surface area contributed by atoms with Crippen LogP contribution in [0.3, 0.4) is 0 Å². The van der Waals surface area contributed by atoms with Crippen LogP contribution < -0.4 is 11.0 Å². The lowest BCUT2D eigenvalue weighted by molar-refractivity contribution is 0.533. The van der Waals surface area contributed by atoms with Gasteiger partial charge in [0.05, 0.1) is 27.6 Å². The van der Waals surface area contributed by atoms with E-state index in [-0.39, 0.29) is 11.0 Å². The summed E-state index contributed by atoms with van der Waals surface area (Å²) in [6, 6.07) is 22.2. The van der Waals surface area contributed by atoms with Gasteiger partial charge in [0, 0.05) is 16.0 Å². The summed E-state index contributed by atoms with van der Waals surface area (Å²) in [7, 11) is 0. The van der Waals surface area contributed by atoms with Crippen molar-refractivity contribution in [3.63, 3.8) is 0 Å². The Morgan fingerprint density at radius 1 is 0.914 bits per heavy atom. The van der Waals surface area contributed by atoms with Crippen LogP contribution in [0.15, 0.2) is 91.8 Å². The molecule has 0 radical (unpaired) electrons. The molecule has 3 aromatic heterocycles. The zero-order valence-electron chi connectivity index (χ0n) is 18.5. The van der Waals surface area contributed by atoms with Gasteiger partial charge in [-0.2, -0.15) is 0 Å². The van der Waals surface area contributed by atoms with Crippen molar-refractivity contribution in [2.75, 3.05) is 0 Å². The number of hydrogen-bond acceptors (Lipinski definition) is 6. The summed E-state index contributed by atoms with van der Waals surface area (Å²) in [4.78, 5) is 18.2. The maximum atomic E-state index is 13.5. The van der Waals surface area contributed by atoms with Crippen molar-refractivity contribution < 1.29 is 8.83 Å². The second-order valence-electron chi connectivity index (χ2n) is 8.12. The zero-order chi connectivity index (χ0) is 24.1. The smallest absolute Gasteiger partial charge is 0.222 e. The van der Waals surface area contributed by atoms with Crippen LogP contribution in [0.25, 0.3) is 54.9 Å². The molecule has 35 heavy (non-hydrogen) atoms. The highest BCUT2D eigenvalue weighted by Crippen LogP contribution is 2.33. The number of benzene rings is 3. The lowest BCUT2D eigenvalue weighted by atomic mass is 10.0. The number of thiazole rings is 1. The maximum Gasteiger partial charge on any atom is 0.222 e. The van der Waals surface area contributed by atoms with Crippen LogP contribution in [0.5, 0.6) is 0 Å². The van der Waals surface area contributed by atoms with Crippen molar-refractivity contribution in [3.05, 3.63) is 105 Å². The average Bonchev–Trinajstić information content (AvgIpc) is 3.35. The predicted octanol–water partition coefficient (Wildman–Crippen LogP) is 7.44. The summed E-state index contributed by atoms with van der Waals surface area (Å²) in [6.07, 6.45) is 0. The van der Waals surface area contributed by atoms with E-state index in [4.69, 9.17) is 30.8 Å². The SMILES string of the molecule is Cc1oc2c(ccc3oc(=N)c(-c4nc(-c5ccccc5)cs4)cc32)c(=O)c1-c1ccc(Cl)cc1. The molecule has 0 bridgehead atoms. The van der Waals surface area contributed by atoms with Crippen LogP contribution in [0, 0.1) is 12.3 Å². The van der Waals surface area contributed by atoms with E-state index in [1.807, 2.05) is 41.8 Å². The van der Waals surface area contributed by atoms with Crippen LogP contribution in [-0.2, 0) is 0 Å². The van der Waals surface area contributed by atoms with Gasteiger partial charge in [-0.1, -0.05) is 54.1 Å². The van der Waals surface area contributed by atoms with Crippen LogP contribution in [0.1, 0.15) is 5.76 Å². The first-order chi connectivity index (χ1) is 17.0. The molecular weight excluding hydrogens is 480 g/mol. The molecule has 0 fully saturated rings. The van der Waals surface area contributed by atoms with Crippen molar-refractivity contribution in [1.29, 1.82) is 5.41 Å². The van der Waals surface area contributed by atoms with Crippen molar-refractivity contribution >= 4 is 44.9 Å². The number of rotatable bonds is 3. The van der Waals surface area contributed by atoms with E-state index < -0.39 is 0 Å². The van der Waals surface area contributed by atoms with Gasteiger partial charge >= 0.3 is 0 Å². The molecule has 0 unspecified atom stereocenters. The molecule has 170 valence electrons. The topological polar surface area (TPSA) is 80.1 Å². The molecule has 7 heteroatoms. The minimum Gasteiger partial charge on any atom is -0.460 e. The molecule has 0 saturated heterocycles. The fourth-order valence-corrected chi connectivity index (χ4v) is 5.19. The molecule has 3 aromatic carbocycles. The van der Waals surface area contributed by atoms with E-state index in [2.05, 4.69) is 0 Å². The third kappa shape index (κ3) is 3.67. The molecule has 1 N–H and O–H groups in total. The van der Waals surface area contributed by atoms with Gasteiger partial charge in [-0.15, -0.1) is 11.3 Å². The van der Waals surface area contributed by atoms with Crippen LogP contribution >= 0.6 is 22.9 Å². The Labute approximate surface area is 208 Å². The highest BCUT2D eigenvalue weighted by Gasteiger charge is 2.18. The van der Waals surface area contributed by atoms with E-state index >= 15 is 0 Å². The van der Waals surface area contributed by atoms with E-state index in [1.54, 1.807) is 43.3 Å². The Balaban J connectivity index is 1.55. The number of aryl methyl sites for hydroxylation is 1. The predicted molar refractivity (Wildman–Crippen MR) is 140 cm³/mol. The normalized spacial score (nSPS) is 11.4. The Morgan fingerprint density at radius 3 is 2.46 bits per heavy atom. The zero-order valence-corrected chi connectivity index (χ0v) is 20.0. The summed E-state index contributed by atoms with van der Waals surface area (Å²) in [6.45, 7) is 1.77. The quantitative estimate of drug-likeness (QED) is 0.258. The highest BCUT2D eigenvalue weighted by atomic mass is 35.5. The van der Waals surface area contributed by atoms with Crippen molar-refractivity contribution in [2.24, 2.45) is 0 Å². The second kappa shape index (κ2) is 8.34. The molecule has 0 spiro atoms. The number of aromatic nitrogens is 1. The fraction of sp³-hybridized carbons (Fsp3) is 0.0357. The molecule has 5 nitrogen and oxygen atoms in total. The monoisotopic (exact) mass is 496 g/mol. The van der Waals surface area contributed by atoms with Gasteiger partial charge in [-0.3, -0.25) is 10.2 Å². The summed E-state index contributed by atoms with van der Waals surface area (Å²) in [5.74, 6) is 0.495. The summed E-state index contributed by atoms with van der Waals surface area (Å²) < 4.78 is 12.0. The number of halogens is 1. The van der Waals surface area contributed by atoms with Gasteiger partial charge in [0.1, 0.15) is 21.9 Å². The van der Waals surface area contributed by atoms with Gasteiger partial charge in [0.15, 0.2) is 0 Å². The minimum absolute atomic E-state index is 0.00247. The van der Waals surface area contributed by atoms with Gasteiger partial charge in [0.2, 0.25) is 11.0 Å². The minimum atomic E-state index is -0.134. The van der Waals surface area contributed by atoms with Crippen LogP contribution in [0.2, 0.25) is 5.02 Å². The maximum absolute atomic E-state index is 13.5. The van der Waals surface area contributed by atoms with E-state index in [0.29, 0.717) is 48.9 Å². The third-order valence-corrected chi connectivity index (χ3v) is 7.04. The first-order valence-electron chi connectivity index (χ1n) is 10.9. The first-order valence-corrected chi connectivity index (χ1v) is 12.1. The van der Waals surface area contributed by atoms with Crippen LogP contribution in [-0.4, -0.2) is 4.98 Å². The van der Waals surface area contributed by atoms with E-state index in [0.717, 1.165) is 16.8 Å². The van der Waals surface area contributed by atoms with Crippen molar-refractivity contribution in [2.45, 2.75) is 6.92 Å². The molecule has 0 atom stereocenters. The first kappa shape index (κ1) is 21.5. The Hall–Kier alpha value is -4.00. The third-order valence-electron chi connectivity index (χ3n) is 5.92. The molecule has 0 aliphatic rings. The largest absolute Gasteiger partial charge is 0.460 e. The van der Waals surface area contributed by atoms with E-state index in [1.165, 1.54) is 11.3 Å². The molecule has 0 amide bonds. The number of hydrogen-bond donors (Lipinski definition) is 1. The second-order valence-corrected chi connectivity index (χ2v) is 9.41. The molecule has 0 aliphatic carbocycles. The number of nitrogens with one attached hydrogen (secondary N) is 1. The fourth-order valence-electron chi connectivity index (χ4n) is 4.22.